The Morgan fingerprint density at radius 3 is 3.05 bits per heavy atom. The number of benzene rings is 1. The summed E-state index contributed by atoms with van der Waals surface area (Å²) in [5.41, 5.74) is 3.34. The fourth-order valence-electron chi connectivity index (χ4n) is 4.54. The maximum Gasteiger partial charge on any atom is 0.169 e. The van der Waals surface area contributed by atoms with Crippen molar-refractivity contribution in [3.8, 4) is 11.5 Å². The summed E-state index contributed by atoms with van der Waals surface area (Å²) < 4.78 is 5.98. The second-order valence-electron chi connectivity index (χ2n) is 6.09. The van der Waals surface area contributed by atoms with Crippen molar-refractivity contribution in [1.29, 1.82) is 0 Å². The molecule has 1 spiro atoms. The van der Waals surface area contributed by atoms with Crippen molar-refractivity contribution in [3.05, 3.63) is 46.7 Å². The molecule has 1 saturated heterocycles. The molecule has 5 rings (SSSR count). The number of rotatable bonds is 0. The Bertz CT molecular complexity index is 706. The molecule has 2 aliphatic carbocycles. The summed E-state index contributed by atoms with van der Waals surface area (Å²) in [5.74, 6) is 1.01. The number of nitrogens with one attached hydrogen (secondary N) is 1. The fourth-order valence-corrected chi connectivity index (χ4v) is 4.54. The Hall–Kier alpha value is -1.94. The number of aliphatic hydroxyl groups excluding tert-OH is 1. The number of phenols is 1. The van der Waals surface area contributed by atoms with Crippen LogP contribution in [0.2, 0.25) is 0 Å². The van der Waals surface area contributed by atoms with Crippen LogP contribution in [0.4, 0.5) is 0 Å². The minimum atomic E-state index is -0.380. The van der Waals surface area contributed by atoms with Crippen LogP contribution in [0.15, 0.2) is 35.6 Å². The molecule has 20 heavy (non-hydrogen) atoms. The number of ether oxygens (including phenoxy) is 1. The minimum absolute atomic E-state index is 0.177. The van der Waals surface area contributed by atoms with Crippen molar-refractivity contribution in [2.75, 3.05) is 6.54 Å². The van der Waals surface area contributed by atoms with Gasteiger partial charge in [-0.25, -0.2) is 0 Å². The van der Waals surface area contributed by atoms with Crippen LogP contribution in [-0.4, -0.2) is 28.9 Å². The minimum Gasteiger partial charge on any atom is -0.508 e. The highest BCUT2D eigenvalue weighted by atomic mass is 16.5. The van der Waals surface area contributed by atoms with Crippen molar-refractivity contribution in [2.24, 2.45) is 0 Å². The first-order valence-electron chi connectivity index (χ1n) is 7.08. The molecule has 4 aliphatic rings. The van der Waals surface area contributed by atoms with Gasteiger partial charge in [0.1, 0.15) is 5.76 Å². The number of phenolic OH excluding ortho intramolecular Hbond substituents is 1. The zero-order chi connectivity index (χ0) is 13.5. The molecule has 1 aromatic rings. The SMILES string of the molecule is OC1=CC=C2[C@H]3Cc4ccc(O)c5c4[C@@]2(CCN3)[C@H]1O5. The zero-order valence-corrected chi connectivity index (χ0v) is 10.9. The summed E-state index contributed by atoms with van der Waals surface area (Å²) in [4.78, 5) is 0. The lowest BCUT2D eigenvalue weighted by Crippen LogP contribution is -2.58. The van der Waals surface area contributed by atoms with E-state index in [0.717, 1.165) is 24.9 Å². The van der Waals surface area contributed by atoms with E-state index in [2.05, 4.69) is 5.32 Å². The van der Waals surface area contributed by atoms with E-state index in [-0.39, 0.29) is 23.0 Å². The topological polar surface area (TPSA) is 61.7 Å². The molecule has 102 valence electrons. The van der Waals surface area contributed by atoms with E-state index in [4.69, 9.17) is 4.74 Å². The molecule has 4 heteroatoms. The predicted molar refractivity (Wildman–Crippen MR) is 73.1 cm³/mol. The molecule has 3 N–H and O–H groups in total. The number of hydrogen-bond acceptors (Lipinski definition) is 4. The van der Waals surface area contributed by atoms with E-state index in [1.165, 1.54) is 11.1 Å². The summed E-state index contributed by atoms with van der Waals surface area (Å²) in [5, 5.41) is 24.0. The molecule has 2 aliphatic heterocycles. The summed E-state index contributed by atoms with van der Waals surface area (Å²) in [6.07, 6.45) is 5.21. The van der Waals surface area contributed by atoms with E-state index in [1.54, 1.807) is 12.1 Å². The van der Waals surface area contributed by atoms with Gasteiger partial charge in [0.25, 0.3) is 0 Å². The Kier molecular flexibility index (Phi) is 1.73. The molecular weight excluding hydrogens is 254 g/mol. The van der Waals surface area contributed by atoms with Gasteiger partial charge in [0.05, 0.1) is 5.41 Å². The number of hydrogen-bond donors (Lipinski definition) is 3. The summed E-state index contributed by atoms with van der Waals surface area (Å²) >= 11 is 0. The van der Waals surface area contributed by atoms with Gasteiger partial charge < -0.3 is 20.3 Å². The van der Waals surface area contributed by atoms with Crippen LogP contribution in [-0.2, 0) is 11.8 Å². The molecule has 1 aromatic carbocycles. The first kappa shape index (κ1) is 10.8. The van der Waals surface area contributed by atoms with Crippen molar-refractivity contribution in [1.82, 2.24) is 5.32 Å². The first-order valence-corrected chi connectivity index (χ1v) is 7.08. The maximum atomic E-state index is 10.3. The van der Waals surface area contributed by atoms with E-state index < -0.39 is 0 Å². The Morgan fingerprint density at radius 1 is 1.25 bits per heavy atom. The molecule has 2 bridgehead atoms. The van der Waals surface area contributed by atoms with Crippen LogP contribution < -0.4 is 10.1 Å². The van der Waals surface area contributed by atoms with Gasteiger partial charge in [0.15, 0.2) is 17.6 Å². The largest absolute Gasteiger partial charge is 0.508 e. The summed E-state index contributed by atoms with van der Waals surface area (Å²) in [6, 6.07) is 4.00. The Labute approximate surface area is 116 Å². The van der Waals surface area contributed by atoms with Crippen LogP contribution in [0.25, 0.3) is 0 Å². The highest BCUT2D eigenvalue weighted by molar-refractivity contribution is 5.67. The van der Waals surface area contributed by atoms with Crippen LogP contribution >= 0.6 is 0 Å². The normalized spacial score (nSPS) is 35.8. The van der Waals surface area contributed by atoms with Gasteiger partial charge in [-0.3, -0.25) is 0 Å². The van der Waals surface area contributed by atoms with E-state index in [0.29, 0.717) is 11.8 Å². The standard InChI is InChI=1S/C16H15NO3/c18-11-3-1-8-7-10-9-2-4-12(19)15-16(9,5-6-17-10)13(8)14(11)20-15/h1-4,10,15,17-19H,5-7H2/t10-,15+,16+/m1/s1. The smallest absolute Gasteiger partial charge is 0.169 e. The molecule has 0 amide bonds. The third-order valence-corrected chi connectivity index (χ3v) is 5.28. The van der Waals surface area contributed by atoms with Gasteiger partial charge in [-0.1, -0.05) is 12.1 Å². The molecule has 0 unspecified atom stereocenters. The van der Waals surface area contributed by atoms with Gasteiger partial charge in [-0.15, -0.1) is 0 Å². The molecule has 0 aromatic heterocycles. The fraction of sp³-hybridized carbons (Fsp3) is 0.375. The van der Waals surface area contributed by atoms with Crippen LogP contribution in [0.5, 0.6) is 11.5 Å². The van der Waals surface area contributed by atoms with Crippen LogP contribution in [0.1, 0.15) is 17.5 Å². The average molecular weight is 269 g/mol. The number of allylic oxidation sites excluding steroid dienone is 2. The second kappa shape index (κ2) is 3.20. The summed E-state index contributed by atoms with van der Waals surface area (Å²) in [7, 11) is 0. The van der Waals surface area contributed by atoms with Gasteiger partial charge in [0.2, 0.25) is 0 Å². The molecule has 0 radical (unpaired) electrons. The van der Waals surface area contributed by atoms with Gasteiger partial charge in [-0.2, -0.15) is 0 Å². The van der Waals surface area contributed by atoms with E-state index in [1.807, 2.05) is 12.1 Å². The molecule has 2 heterocycles. The van der Waals surface area contributed by atoms with Crippen molar-refractivity contribution >= 4 is 0 Å². The number of aliphatic hydroxyl groups is 1. The van der Waals surface area contributed by atoms with Crippen molar-refractivity contribution < 1.29 is 14.9 Å². The van der Waals surface area contributed by atoms with Crippen LogP contribution in [0, 0.1) is 0 Å². The quantitative estimate of drug-likeness (QED) is 0.671. The molecule has 4 nitrogen and oxygen atoms in total. The van der Waals surface area contributed by atoms with Gasteiger partial charge in [-0.05, 0) is 42.7 Å². The zero-order valence-electron chi connectivity index (χ0n) is 10.9. The average Bonchev–Trinajstić information content (AvgIpc) is 2.78. The lowest BCUT2D eigenvalue weighted by Gasteiger charge is -2.49. The van der Waals surface area contributed by atoms with Crippen molar-refractivity contribution in [2.45, 2.75) is 30.4 Å². The van der Waals surface area contributed by atoms with Gasteiger partial charge in [0, 0.05) is 11.6 Å². The molecule has 1 fully saturated rings. The number of aromatic hydroxyl groups is 1. The third-order valence-electron chi connectivity index (χ3n) is 5.28. The summed E-state index contributed by atoms with van der Waals surface area (Å²) in [6.45, 7) is 0.906. The number of piperidine rings is 1. The second-order valence-corrected chi connectivity index (χ2v) is 6.09. The lowest BCUT2D eigenvalue weighted by atomic mass is 9.58. The predicted octanol–water partition coefficient (Wildman–Crippen LogP) is 1.69. The first-order chi connectivity index (χ1) is 9.72. The van der Waals surface area contributed by atoms with E-state index in [9.17, 15) is 10.2 Å². The molecule has 3 atom stereocenters. The Morgan fingerprint density at radius 2 is 2.15 bits per heavy atom. The highest BCUT2D eigenvalue weighted by Gasteiger charge is 2.60. The monoisotopic (exact) mass is 269 g/mol. The Balaban J connectivity index is 1.91. The van der Waals surface area contributed by atoms with Crippen molar-refractivity contribution in [3.63, 3.8) is 0 Å². The van der Waals surface area contributed by atoms with Gasteiger partial charge >= 0.3 is 0 Å². The highest BCUT2D eigenvalue weighted by Crippen LogP contribution is 2.60. The van der Waals surface area contributed by atoms with E-state index >= 15 is 0 Å². The maximum absolute atomic E-state index is 10.3. The van der Waals surface area contributed by atoms with Crippen LogP contribution in [0.3, 0.4) is 0 Å². The third kappa shape index (κ3) is 0.977. The molecular formula is C16H15NO3. The molecule has 0 saturated carbocycles. The lowest BCUT2D eigenvalue weighted by molar-refractivity contribution is 0.118.